The van der Waals surface area contributed by atoms with E-state index in [1.807, 2.05) is 12.1 Å². The molecule has 30 heavy (non-hydrogen) atoms. The molecule has 1 aromatic heterocycles. The maximum absolute atomic E-state index is 11.5. The van der Waals surface area contributed by atoms with Crippen LogP contribution in [0, 0.1) is 17.3 Å². The fraction of sp³-hybridized carbons (Fsp3) is 0.520. The Morgan fingerprint density at radius 1 is 1.27 bits per heavy atom. The smallest absolute Gasteiger partial charge is 0.336 e. The second kappa shape index (κ2) is 9.07. The van der Waals surface area contributed by atoms with Crippen LogP contribution in [0.4, 0.5) is 0 Å². The molecular weight excluding hydrogens is 380 g/mol. The summed E-state index contributed by atoms with van der Waals surface area (Å²) in [7, 11) is 0. The molecule has 1 aromatic carbocycles. The highest BCUT2D eigenvalue weighted by atomic mass is 16.5. The predicted octanol–water partition coefficient (Wildman–Crippen LogP) is 5.82. The van der Waals surface area contributed by atoms with Crippen LogP contribution >= 0.6 is 0 Å². The quantitative estimate of drug-likeness (QED) is 0.458. The van der Waals surface area contributed by atoms with E-state index < -0.39 is 5.97 Å². The summed E-state index contributed by atoms with van der Waals surface area (Å²) in [4.78, 5) is 22.7. The van der Waals surface area contributed by atoms with Gasteiger partial charge in [0.1, 0.15) is 11.3 Å². The Hall–Kier alpha value is -2.56. The van der Waals surface area contributed by atoms with Gasteiger partial charge in [0.15, 0.2) is 0 Å². The van der Waals surface area contributed by atoms with E-state index >= 15 is 0 Å². The molecule has 0 radical (unpaired) electrons. The molecule has 3 rings (SSSR count). The number of carbonyl (C=O) groups is 1. The summed E-state index contributed by atoms with van der Waals surface area (Å²) in [5.74, 6) is 0.671. The molecule has 0 saturated heterocycles. The van der Waals surface area contributed by atoms with Crippen LogP contribution in [0.1, 0.15) is 59.8 Å². The average molecular weight is 413 g/mol. The molecule has 0 aliphatic heterocycles. The monoisotopic (exact) mass is 412 g/mol. The van der Waals surface area contributed by atoms with Crippen molar-refractivity contribution in [3.8, 4) is 5.75 Å². The zero-order valence-corrected chi connectivity index (χ0v) is 18.4. The largest absolute Gasteiger partial charge is 0.493 e. The van der Waals surface area contributed by atoms with Crippen LogP contribution in [0.3, 0.4) is 0 Å². The molecule has 3 atom stereocenters. The molecule has 0 amide bonds. The maximum Gasteiger partial charge on any atom is 0.336 e. The Kier molecular flexibility index (Phi) is 6.69. The van der Waals surface area contributed by atoms with E-state index in [2.05, 4.69) is 27.7 Å². The number of carboxylic acid groups (broad SMARTS) is 1. The van der Waals surface area contributed by atoms with Crippen molar-refractivity contribution >= 4 is 16.9 Å². The molecule has 1 aliphatic carbocycles. The normalized spacial score (nSPS) is 24.1. The molecule has 1 saturated carbocycles. The minimum absolute atomic E-state index is 0.0241. The second-order valence-corrected chi connectivity index (χ2v) is 9.01. The highest BCUT2D eigenvalue weighted by molar-refractivity contribution is 5.77. The molecule has 0 spiro atoms. The van der Waals surface area contributed by atoms with Gasteiger partial charge in [0.25, 0.3) is 0 Å². The van der Waals surface area contributed by atoms with Gasteiger partial charge >= 0.3 is 11.6 Å². The summed E-state index contributed by atoms with van der Waals surface area (Å²) < 4.78 is 11.3. The van der Waals surface area contributed by atoms with Crippen LogP contribution in [0.2, 0.25) is 0 Å². The van der Waals surface area contributed by atoms with Crippen molar-refractivity contribution in [1.29, 1.82) is 0 Å². The molecule has 1 aliphatic rings. The maximum atomic E-state index is 11.5. The van der Waals surface area contributed by atoms with Crippen molar-refractivity contribution in [1.82, 2.24) is 0 Å². The third kappa shape index (κ3) is 4.77. The van der Waals surface area contributed by atoms with Gasteiger partial charge < -0.3 is 14.3 Å². The molecule has 1 N–H and O–H groups in total. The van der Waals surface area contributed by atoms with Gasteiger partial charge in [-0.25, -0.2) is 4.79 Å². The summed E-state index contributed by atoms with van der Waals surface area (Å²) >= 11 is 0. The average Bonchev–Trinajstić information content (AvgIpc) is 2.68. The van der Waals surface area contributed by atoms with Gasteiger partial charge in [0.05, 0.1) is 6.61 Å². The van der Waals surface area contributed by atoms with E-state index in [-0.39, 0.29) is 23.4 Å². The lowest BCUT2D eigenvalue weighted by atomic mass is 9.57. The van der Waals surface area contributed by atoms with Gasteiger partial charge in [0, 0.05) is 23.9 Å². The van der Waals surface area contributed by atoms with Crippen molar-refractivity contribution in [3.63, 3.8) is 0 Å². The van der Waals surface area contributed by atoms with Gasteiger partial charge in [-0.15, -0.1) is 0 Å². The molecule has 2 aromatic rings. The number of hydrogen-bond donors (Lipinski definition) is 1. The van der Waals surface area contributed by atoms with Crippen LogP contribution in [-0.2, 0) is 4.79 Å². The lowest BCUT2D eigenvalue weighted by Gasteiger charge is -2.48. The van der Waals surface area contributed by atoms with E-state index in [1.54, 1.807) is 12.1 Å². The Bertz CT molecular complexity index is 998. The molecule has 0 unspecified atom stereocenters. The summed E-state index contributed by atoms with van der Waals surface area (Å²) in [6, 6.07) is 8.68. The van der Waals surface area contributed by atoms with Gasteiger partial charge in [-0.2, -0.15) is 0 Å². The van der Waals surface area contributed by atoms with E-state index in [1.165, 1.54) is 17.2 Å². The van der Waals surface area contributed by atoms with Crippen LogP contribution < -0.4 is 10.4 Å². The number of aliphatic carboxylic acids is 1. The van der Waals surface area contributed by atoms with Crippen LogP contribution in [-0.4, -0.2) is 17.7 Å². The van der Waals surface area contributed by atoms with Crippen molar-refractivity contribution in [2.75, 3.05) is 6.61 Å². The number of benzene rings is 1. The van der Waals surface area contributed by atoms with Crippen molar-refractivity contribution in [2.45, 2.75) is 59.8 Å². The van der Waals surface area contributed by atoms with Crippen LogP contribution in [0.25, 0.3) is 11.0 Å². The molecular formula is C25H32O5. The number of hydrogen-bond acceptors (Lipinski definition) is 4. The van der Waals surface area contributed by atoms with Crippen LogP contribution in [0.5, 0.6) is 5.75 Å². The summed E-state index contributed by atoms with van der Waals surface area (Å²) in [5.41, 5.74) is 2.85. The summed E-state index contributed by atoms with van der Waals surface area (Å²) in [6.07, 6.45) is 3.85. The lowest BCUT2D eigenvalue weighted by molar-refractivity contribution is -0.137. The molecule has 1 fully saturated rings. The van der Waals surface area contributed by atoms with E-state index in [9.17, 15) is 14.7 Å². The minimum Gasteiger partial charge on any atom is -0.493 e. The first-order valence-corrected chi connectivity index (χ1v) is 10.8. The summed E-state index contributed by atoms with van der Waals surface area (Å²) in [6.45, 7) is 9.37. The number of carboxylic acids is 1. The van der Waals surface area contributed by atoms with E-state index in [4.69, 9.17) is 9.15 Å². The standard InChI is InChI=1S/C25H32O5/c1-16(2)20-9-5-17(3)25(4,21(20)10-11-23(26)27)13-14-29-19-8-6-18-7-12-24(28)30-22(18)15-19/h6-8,12,15,17,21H,5,9-11,13-14H2,1-4H3,(H,26,27)/t17-,21-,25-/m1/s1. The first-order chi connectivity index (χ1) is 14.2. The highest BCUT2D eigenvalue weighted by Gasteiger charge is 2.44. The van der Waals surface area contributed by atoms with Crippen molar-refractivity contribution in [2.24, 2.45) is 17.3 Å². The number of fused-ring (bicyclic) bond motifs is 1. The first-order valence-electron chi connectivity index (χ1n) is 10.8. The van der Waals surface area contributed by atoms with Gasteiger partial charge in [-0.05, 0) is 75.0 Å². The Labute approximate surface area is 177 Å². The third-order valence-corrected chi connectivity index (χ3v) is 6.98. The first kappa shape index (κ1) is 22.1. The zero-order valence-electron chi connectivity index (χ0n) is 18.4. The second-order valence-electron chi connectivity index (χ2n) is 9.01. The van der Waals surface area contributed by atoms with Gasteiger partial charge in [-0.3, -0.25) is 4.79 Å². The van der Waals surface area contributed by atoms with Gasteiger partial charge in [-0.1, -0.05) is 25.0 Å². The molecule has 5 heteroatoms. The topological polar surface area (TPSA) is 76.7 Å². The lowest BCUT2D eigenvalue weighted by Crippen LogP contribution is -2.41. The van der Waals surface area contributed by atoms with Gasteiger partial charge in [0.2, 0.25) is 0 Å². The van der Waals surface area contributed by atoms with E-state index in [0.29, 0.717) is 30.3 Å². The zero-order chi connectivity index (χ0) is 21.9. The Morgan fingerprint density at radius 2 is 2.00 bits per heavy atom. The Morgan fingerprint density at radius 3 is 2.70 bits per heavy atom. The molecule has 1 heterocycles. The van der Waals surface area contributed by atoms with Crippen LogP contribution in [0.15, 0.2) is 50.7 Å². The number of allylic oxidation sites excluding steroid dienone is 2. The third-order valence-electron chi connectivity index (χ3n) is 6.98. The molecule has 0 bridgehead atoms. The summed E-state index contributed by atoms with van der Waals surface area (Å²) in [5, 5.41) is 10.1. The molecule has 162 valence electrons. The van der Waals surface area contributed by atoms with Crippen molar-refractivity contribution in [3.05, 3.63) is 51.9 Å². The Balaban J connectivity index is 1.77. The fourth-order valence-corrected chi connectivity index (χ4v) is 4.93. The number of ether oxygens (including phenoxy) is 1. The van der Waals surface area contributed by atoms with E-state index in [0.717, 1.165) is 24.6 Å². The molecule has 5 nitrogen and oxygen atoms in total. The SMILES string of the molecule is CC(C)=C1CC[C@@H](C)[C@@](C)(CCOc2ccc3ccc(=O)oc3c2)[C@@H]1CCC(=O)O. The number of rotatable bonds is 7. The minimum atomic E-state index is -0.738. The van der Waals surface area contributed by atoms with Crippen molar-refractivity contribution < 1.29 is 19.1 Å². The predicted molar refractivity (Wildman–Crippen MR) is 118 cm³/mol. The fourth-order valence-electron chi connectivity index (χ4n) is 4.93. The highest BCUT2D eigenvalue weighted by Crippen LogP contribution is 2.52.